The number of nitrogens with one attached hydrogen (secondary N) is 1. The normalized spacial score (nSPS) is 16.6. The summed E-state index contributed by atoms with van der Waals surface area (Å²) in [4.78, 5) is 18.8. The van der Waals surface area contributed by atoms with Crippen molar-refractivity contribution >= 4 is 11.6 Å². The van der Waals surface area contributed by atoms with Gasteiger partial charge in [0.15, 0.2) is 5.76 Å². The van der Waals surface area contributed by atoms with Crippen molar-refractivity contribution in [3.8, 4) is 11.3 Å². The van der Waals surface area contributed by atoms with Crippen molar-refractivity contribution in [1.29, 1.82) is 0 Å². The van der Waals surface area contributed by atoms with E-state index in [0.717, 1.165) is 18.4 Å². The first-order chi connectivity index (χ1) is 14.1. The number of aliphatic hydroxyl groups is 1. The molecule has 1 atom stereocenters. The average molecular weight is 395 g/mol. The molecule has 3 aromatic rings. The van der Waals surface area contributed by atoms with Crippen molar-refractivity contribution in [2.24, 2.45) is 0 Å². The molecule has 0 spiro atoms. The highest BCUT2D eigenvalue weighted by Crippen LogP contribution is 2.23. The number of aliphatic hydroxyl groups excluding tert-OH is 1. The monoisotopic (exact) mass is 395 g/mol. The molecule has 2 aromatic carbocycles. The summed E-state index contributed by atoms with van der Waals surface area (Å²) in [7, 11) is 0. The van der Waals surface area contributed by atoms with Gasteiger partial charge in [-0.25, -0.2) is 9.37 Å². The Balaban J connectivity index is 1.45. The Morgan fingerprint density at radius 3 is 2.83 bits per heavy atom. The average Bonchev–Trinajstić information content (AvgIpc) is 3.21. The van der Waals surface area contributed by atoms with Crippen molar-refractivity contribution in [2.45, 2.75) is 25.5 Å². The maximum absolute atomic E-state index is 13.1. The zero-order valence-corrected chi connectivity index (χ0v) is 15.8. The first-order valence-electron chi connectivity index (χ1n) is 9.61. The fourth-order valence-corrected chi connectivity index (χ4v) is 3.44. The molecular weight excluding hydrogens is 373 g/mol. The van der Waals surface area contributed by atoms with Crippen LogP contribution in [0.1, 0.15) is 29.1 Å². The Bertz CT molecular complexity index is 987. The number of likely N-dealkylation sites (tertiary alicyclic amines) is 1. The number of nitrogens with zero attached hydrogens (tertiary/aromatic N) is 2. The summed E-state index contributed by atoms with van der Waals surface area (Å²) in [6.45, 7) is 1.30. The minimum Gasteiger partial charge on any atom is -0.439 e. The topological polar surface area (TPSA) is 78.6 Å². The number of rotatable bonds is 5. The Labute approximate surface area is 168 Å². The van der Waals surface area contributed by atoms with E-state index in [2.05, 4.69) is 10.3 Å². The van der Waals surface area contributed by atoms with E-state index in [1.165, 1.54) is 12.1 Å². The minimum absolute atomic E-state index is 0.105. The number of amides is 1. The SMILES string of the molecule is O=C(c1ccccc1NCc1ncc(-c2ccc(F)cc2)o1)N1CCCC(O)C1. The van der Waals surface area contributed by atoms with Gasteiger partial charge >= 0.3 is 0 Å². The highest BCUT2D eigenvalue weighted by molar-refractivity contribution is 5.99. The predicted octanol–water partition coefficient (Wildman–Crippen LogP) is 3.69. The number of piperidine rings is 1. The number of carbonyl (C=O) groups excluding carboxylic acids is 1. The van der Waals surface area contributed by atoms with E-state index in [0.29, 0.717) is 42.5 Å². The summed E-state index contributed by atoms with van der Waals surface area (Å²) in [6, 6.07) is 13.3. The van der Waals surface area contributed by atoms with Crippen LogP contribution in [0.15, 0.2) is 59.1 Å². The maximum Gasteiger partial charge on any atom is 0.256 e. The highest BCUT2D eigenvalue weighted by Gasteiger charge is 2.24. The molecule has 0 aliphatic carbocycles. The molecule has 2 heterocycles. The van der Waals surface area contributed by atoms with Gasteiger partial charge in [-0.3, -0.25) is 4.79 Å². The molecule has 1 fully saturated rings. The molecule has 7 heteroatoms. The first-order valence-corrected chi connectivity index (χ1v) is 9.61. The van der Waals surface area contributed by atoms with Crippen LogP contribution in [0.3, 0.4) is 0 Å². The highest BCUT2D eigenvalue weighted by atomic mass is 19.1. The van der Waals surface area contributed by atoms with Crippen molar-refractivity contribution in [1.82, 2.24) is 9.88 Å². The maximum atomic E-state index is 13.1. The zero-order chi connectivity index (χ0) is 20.2. The molecule has 1 aliphatic heterocycles. The van der Waals surface area contributed by atoms with E-state index in [1.54, 1.807) is 29.3 Å². The van der Waals surface area contributed by atoms with Crippen molar-refractivity contribution in [3.05, 3.63) is 72.0 Å². The number of carbonyl (C=O) groups is 1. The zero-order valence-electron chi connectivity index (χ0n) is 15.8. The largest absolute Gasteiger partial charge is 0.439 e. The van der Waals surface area contributed by atoms with Gasteiger partial charge in [0, 0.05) is 24.3 Å². The Kier molecular flexibility index (Phi) is 5.57. The van der Waals surface area contributed by atoms with Gasteiger partial charge in [0.1, 0.15) is 5.82 Å². The van der Waals surface area contributed by atoms with E-state index in [4.69, 9.17) is 4.42 Å². The van der Waals surface area contributed by atoms with Crippen molar-refractivity contribution in [2.75, 3.05) is 18.4 Å². The van der Waals surface area contributed by atoms with Crippen LogP contribution in [0.4, 0.5) is 10.1 Å². The molecule has 0 bridgehead atoms. The lowest BCUT2D eigenvalue weighted by atomic mass is 10.1. The molecule has 150 valence electrons. The molecule has 1 aliphatic rings. The van der Waals surface area contributed by atoms with E-state index in [-0.39, 0.29) is 11.7 Å². The van der Waals surface area contributed by atoms with Gasteiger partial charge in [0.2, 0.25) is 5.89 Å². The second kappa shape index (κ2) is 8.45. The van der Waals surface area contributed by atoms with Gasteiger partial charge in [-0.05, 0) is 49.2 Å². The van der Waals surface area contributed by atoms with Gasteiger partial charge in [-0.1, -0.05) is 12.1 Å². The molecule has 1 amide bonds. The minimum atomic E-state index is -0.468. The molecular formula is C22H22FN3O3. The van der Waals surface area contributed by atoms with Crippen LogP contribution in [0.2, 0.25) is 0 Å². The van der Waals surface area contributed by atoms with Crippen LogP contribution in [-0.2, 0) is 6.54 Å². The Morgan fingerprint density at radius 2 is 2.03 bits per heavy atom. The second-order valence-corrected chi connectivity index (χ2v) is 7.07. The summed E-state index contributed by atoms with van der Waals surface area (Å²) in [5.74, 6) is 0.595. The van der Waals surface area contributed by atoms with E-state index in [9.17, 15) is 14.3 Å². The number of hydrogen-bond donors (Lipinski definition) is 2. The van der Waals surface area contributed by atoms with E-state index >= 15 is 0 Å². The molecule has 0 saturated carbocycles. The van der Waals surface area contributed by atoms with Gasteiger partial charge < -0.3 is 19.7 Å². The number of halogens is 1. The fourth-order valence-electron chi connectivity index (χ4n) is 3.44. The third-order valence-electron chi connectivity index (χ3n) is 4.95. The number of β-amino-alcohol motifs (C(OH)–C–C–N with tert-alkyl or cyclic N) is 1. The van der Waals surface area contributed by atoms with Crippen LogP contribution in [0, 0.1) is 5.82 Å². The van der Waals surface area contributed by atoms with Crippen LogP contribution in [0.5, 0.6) is 0 Å². The summed E-state index contributed by atoms with van der Waals surface area (Å²) in [5.41, 5.74) is 1.97. The third-order valence-corrected chi connectivity index (χ3v) is 4.95. The van der Waals surface area contributed by atoms with Gasteiger partial charge in [0.25, 0.3) is 5.91 Å². The Morgan fingerprint density at radius 1 is 1.24 bits per heavy atom. The van der Waals surface area contributed by atoms with Crippen LogP contribution < -0.4 is 5.32 Å². The molecule has 29 heavy (non-hydrogen) atoms. The lowest BCUT2D eigenvalue weighted by Crippen LogP contribution is -2.42. The lowest BCUT2D eigenvalue weighted by Gasteiger charge is -2.30. The molecule has 1 saturated heterocycles. The number of anilines is 1. The number of benzene rings is 2. The lowest BCUT2D eigenvalue weighted by molar-refractivity contribution is 0.0474. The molecule has 2 N–H and O–H groups in total. The number of hydrogen-bond acceptors (Lipinski definition) is 5. The van der Waals surface area contributed by atoms with Crippen LogP contribution in [-0.4, -0.2) is 40.1 Å². The molecule has 0 radical (unpaired) electrons. The van der Waals surface area contributed by atoms with Gasteiger partial charge in [-0.2, -0.15) is 0 Å². The fraction of sp³-hybridized carbons (Fsp3) is 0.273. The summed E-state index contributed by atoms with van der Waals surface area (Å²) >= 11 is 0. The van der Waals surface area contributed by atoms with Gasteiger partial charge in [-0.15, -0.1) is 0 Å². The number of oxazole rings is 1. The molecule has 4 rings (SSSR count). The molecule has 6 nitrogen and oxygen atoms in total. The third kappa shape index (κ3) is 4.46. The second-order valence-electron chi connectivity index (χ2n) is 7.07. The van der Waals surface area contributed by atoms with Gasteiger partial charge in [0.05, 0.1) is 24.4 Å². The van der Waals surface area contributed by atoms with Crippen LogP contribution in [0.25, 0.3) is 11.3 Å². The van der Waals surface area contributed by atoms with Crippen LogP contribution >= 0.6 is 0 Å². The first kappa shape index (κ1) is 19.1. The van der Waals surface area contributed by atoms with Crippen molar-refractivity contribution < 1.29 is 18.7 Å². The quantitative estimate of drug-likeness (QED) is 0.689. The smallest absolute Gasteiger partial charge is 0.256 e. The summed E-state index contributed by atoms with van der Waals surface area (Å²) in [5, 5.41) is 13.1. The number of para-hydroxylation sites is 1. The summed E-state index contributed by atoms with van der Waals surface area (Å²) < 4.78 is 18.8. The molecule has 1 aromatic heterocycles. The van der Waals surface area contributed by atoms with Crippen molar-refractivity contribution in [3.63, 3.8) is 0 Å². The number of aromatic nitrogens is 1. The van der Waals surface area contributed by atoms with E-state index < -0.39 is 6.10 Å². The predicted molar refractivity (Wildman–Crippen MR) is 107 cm³/mol. The standard InChI is InChI=1S/C22H22FN3O3/c23-16-9-7-15(8-10-16)20-12-25-21(29-20)13-24-19-6-2-1-5-18(19)22(28)26-11-3-4-17(27)14-26/h1-2,5-10,12,17,24,27H,3-4,11,13-14H2. The summed E-state index contributed by atoms with van der Waals surface area (Å²) in [6.07, 6.45) is 2.65. The Hall–Kier alpha value is -3.19. The van der Waals surface area contributed by atoms with E-state index in [1.807, 2.05) is 18.2 Å². The molecule has 1 unspecified atom stereocenters.